The largest absolute Gasteiger partial charge is 0.568 e. The van der Waals surface area contributed by atoms with Gasteiger partial charge in [0.2, 0.25) is 0 Å². The minimum atomic E-state index is -5.23. The van der Waals surface area contributed by atoms with Gasteiger partial charge in [0.25, 0.3) is 0 Å². The van der Waals surface area contributed by atoms with E-state index in [0.717, 1.165) is 0 Å². The summed E-state index contributed by atoms with van der Waals surface area (Å²) in [5.41, 5.74) is -1.44. The Labute approximate surface area is 104 Å². The van der Waals surface area contributed by atoms with Gasteiger partial charge < -0.3 is 4.74 Å². The number of hydrogen-bond acceptors (Lipinski definition) is 2. The van der Waals surface area contributed by atoms with Gasteiger partial charge in [-0.25, -0.2) is 0 Å². The van der Waals surface area contributed by atoms with E-state index in [-0.39, 0.29) is 10.9 Å². The Morgan fingerprint density at radius 1 is 0.889 bits per heavy atom. The Hall–Kier alpha value is -2.01. The predicted molar refractivity (Wildman–Crippen MR) is 66.5 cm³/mol. The summed E-state index contributed by atoms with van der Waals surface area (Å²) in [6.07, 6.45) is 0. The maximum absolute atomic E-state index is 13.9. The highest BCUT2D eigenvalue weighted by Crippen LogP contribution is 2.16. The van der Waals surface area contributed by atoms with E-state index < -0.39 is 14.3 Å². The molecule has 0 N–H and O–H groups in total. The van der Waals surface area contributed by atoms with Crippen molar-refractivity contribution in [1.29, 1.82) is 0 Å². The fourth-order valence-electron chi connectivity index (χ4n) is 1.42. The quantitative estimate of drug-likeness (QED) is 0.629. The Morgan fingerprint density at radius 2 is 1.39 bits per heavy atom. The molecule has 0 amide bonds. The number of para-hydroxylation sites is 1. The molecule has 0 unspecified atom stereocenters. The molecule has 0 saturated heterocycles. The van der Waals surface area contributed by atoms with Crippen LogP contribution < -0.4 is 9.92 Å². The second-order valence-electron chi connectivity index (χ2n) is 3.64. The third-order valence-corrected chi connectivity index (χ3v) is 4.02. The average Bonchev–Trinajstić information content (AvgIpc) is 2.41. The molecule has 2 aromatic carbocycles. The van der Waals surface area contributed by atoms with Crippen LogP contribution in [0.4, 0.5) is 13.0 Å². The molecule has 0 atom stereocenters. The molecule has 0 heterocycles. The van der Waals surface area contributed by atoms with Crippen LogP contribution in [-0.2, 0) is 0 Å². The van der Waals surface area contributed by atoms with Gasteiger partial charge in [0.15, 0.2) is 0 Å². The first-order valence-corrected chi connectivity index (χ1v) is 7.07. The zero-order valence-electron chi connectivity index (χ0n) is 9.35. The van der Waals surface area contributed by atoms with Crippen molar-refractivity contribution < 1.29 is 17.7 Å². The van der Waals surface area contributed by atoms with Crippen molar-refractivity contribution in [3.05, 3.63) is 60.7 Å². The average molecular weight is 264 g/mol. The number of carbonyl (C=O) groups is 1. The SMILES string of the molecule is O=C(Oc1ccccc1)[Si](F)(F)c1ccccc1. The maximum atomic E-state index is 13.9. The van der Waals surface area contributed by atoms with Gasteiger partial charge in [-0.1, -0.05) is 48.5 Å². The summed E-state index contributed by atoms with van der Waals surface area (Å²) in [4.78, 5) is 11.5. The highest BCUT2D eigenvalue weighted by molar-refractivity contribution is 7.04. The number of hydrogen-bond donors (Lipinski definition) is 0. The molecule has 0 fully saturated rings. The van der Waals surface area contributed by atoms with E-state index in [1.807, 2.05) is 0 Å². The van der Waals surface area contributed by atoms with Crippen LogP contribution in [0, 0.1) is 0 Å². The molecule has 0 bridgehead atoms. The van der Waals surface area contributed by atoms with Crippen LogP contribution in [0.25, 0.3) is 0 Å². The molecule has 0 spiro atoms. The predicted octanol–water partition coefficient (Wildman–Crippen LogP) is 3.06. The summed E-state index contributed by atoms with van der Waals surface area (Å²) in [6, 6.07) is 15.0. The van der Waals surface area contributed by atoms with Crippen LogP contribution in [0.3, 0.4) is 0 Å². The highest BCUT2D eigenvalue weighted by Gasteiger charge is 2.49. The molecular formula is C13H10F2O2Si. The Balaban J connectivity index is 2.18. The standard InChI is InChI=1S/C13H10F2O2Si/c14-18(15,12-9-5-2-6-10-12)13(16)17-11-7-3-1-4-8-11/h1-10H. The molecular weight excluding hydrogens is 254 g/mol. The van der Waals surface area contributed by atoms with Crippen molar-refractivity contribution in [2.24, 2.45) is 0 Å². The first-order valence-electron chi connectivity index (χ1n) is 5.31. The van der Waals surface area contributed by atoms with E-state index in [9.17, 15) is 13.0 Å². The van der Waals surface area contributed by atoms with Crippen LogP contribution in [0.15, 0.2) is 60.7 Å². The summed E-state index contributed by atoms with van der Waals surface area (Å²) in [5, 5.41) is -0.245. The second-order valence-corrected chi connectivity index (χ2v) is 5.78. The smallest absolute Gasteiger partial charge is 0.426 e. The maximum Gasteiger partial charge on any atom is 0.568 e. The summed E-state index contributed by atoms with van der Waals surface area (Å²) in [5.74, 6) is 0.130. The minimum Gasteiger partial charge on any atom is -0.426 e. The Morgan fingerprint density at radius 3 is 1.94 bits per heavy atom. The lowest BCUT2D eigenvalue weighted by atomic mass is 10.3. The van der Waals surface area contributed by atoms with E-state index in [1.165, 1.54) is 36.4 Å². The van der Waals surface area contributed by atoms with Gasteiger partial charge in [-0.15, -0.1) is 0 Å². The lowest BCUT2D eigenvalue weighted by Crippen LogP contribution is -2.49. The van der Waals surface area contributed by atoms with Crippen molar-refractivity contribution in [2.75, 3.05) is 0 Å². The third-order valence-electron chi connectivity index (χ3n) is 2.35. The van der Waals surface area contributed by atoms with Crippen molar-refractivity contribution in [3.63, 3.8) is 0 Å². The van der Waals surface area contributed by atoms with Crippen LogP contribution in [0.2, 0.25) is 0 Å². The normalized spacial score (nSPS) is 11.0. The molecule has 0 radical (unpaired) electrons. The molecule has 0 aromatic heterocycles. The fourth-order valence-corrected chi connectivity index (χ4v) is 2.52. The van der Waals surface area contributed by atoms with E-state index in [1.54, 1.807) is 24.3 Å². The lowest BCUT2D eigenvalue weighted by molar-refractivity contribution is 0.218. The first-order chi connectivity index (χ1) is 8.60. The van der Waals surface area contributed by atoms with Gasteiger partial charge in [0.05, 0.1) is 0 Å². The van der Waals surface area contributed by atoms with E-state index in [2.05, 4.69) is 0 Å². The van der Waals surface area contributed by atoms with Gasteiger partial charge in [0, 0.05) is 5.19 Å². The van der Waals surface area contributed by atoms with Crippen LogP contribution in [0.1, 0.15) is 0 Å². The summed E-state index contributed by atoms with van der Waals surface area (Å²) < 4.78 is 32.5. The van der Waals surface area contributed by atoms with Gasteiger partial charge >= 0.3 is 14.3 Å². The molecule has 2 nitrogen and oxygen atoms in total. The molecule has 2 aromatic rings. The van der Waals surface area contributed by atoms with Crippen molar-refractivity contribution >= 4 is 19.5 Å². The molecule has 0 aliphatic carbocycles. The summed E-state index contributed by atoms with van der Waals surface area (Å²) in [7, 11) is -5.23. The fraction of sp³-hybridized carbons (Fsp3) is 0. The Bertz CT molecular complexity index is 529. The monoisotopic (exact) mass is 264 g/mol. The van der Waals surface area contributed by atoms with Crippen molar-refractivity contribution in [3.8, 4) is 5.75 Å². The van der Waals surface area contributed by atoms with Gasteiger partial charge in [-0.2, -0.15) is 0 Å². The van der Waals surface area contributed by atoms with E-state index >= 15 is 0 Å². The molecule has 5 heteroatoms. The first kappa shape index (κ1) is 12.4. The number of rotatable bonds is 3. The molecule has 18 heavy (non-hydrogen) atoms. The minimum absolute atomic E-state index is 0.130. The lowest BCUT2D eigenvalue weighted by Gasteiger charge is -2.12. The molecule has 0 aliphatic rings. The van der Waals surface area contributed by atoms with Gasteiger partial charge in [-0.05, 0) is 12.1 Å². The number of ether oxygens (including phenoxy) is 1. The Kier molecular flexibility index (Phi) is 3.52. The summed E-state index contributed by atoms with van der Waals surface area (Å²) in [6.45, 7) is 0. The zero-order chi connectivity index (χ0) is 13.0. The second kappa shape index (κ2) is 5.10. The third kappa shape index (κ3) is 2.62. The summed E-state index contributed by atoms with van der Waals surface area (Å²) >= 11 is 0. The van der Waals surface area contributed by atoms with Crippen LogP contribution in [-0.4, -0.2) is 14.3 Å². The van der Waals surface area contributed by atoms with E-state index in [4.69, 9.17) is 4.74 Å². The number of carbonyl (C=O) groups excluding carboxylic acids is 1. The van der Waals surface area contributed by atoms with Crippen LogP contribution in [0.5, 0.6) is 5.75 Å². The topological polar surface area (TPSA) is 26.3 Å². The van der Waals surface area contributed by atoms with Crippen LogP contribution >= 0.6 is 0 Å². The number of halogens is 2. The molecule has 0 aliphatic heterocycles. The molecule has 0 saturated carbocycles. The van der Waals surface area contributed by atoms with Gasteiger partial charge in [0.1, 0.15) is 5.75 Å². The number of benzene rings is 2. The highest BCUT2D eigenvalue weighted by atomic mass is 28.4. The van der Waals surface area contributed by atoms with Crippen molar-refractivity contribution in [2.45, 2.75) is 0 Å². The van der Waals surface area contributed by atoms with Crippen molar-refractivity contribution in [1.82, 2.24) is 0 Å². The van der Waals surface area contributed by atoms with E-state index in [0.29, 0.717) is 0 Å². The molecule has 92 valence electrons. The zero-order valence-corrected chi connectivity index (χ0v) is 10.3. The molecule has 2 rings (SSSR count). The van der Waals surface area contributed by atoms with Gasteiger partial charge in [-0.3, -0.25) is 13.0 Å².